The zero-order valence-corrected chi connectivity index (χ0v) is 16.4. The molecule has 2 N–H and O–H groups in total. The molecule has 0 saturated carbocycles. The SMILES string of the molecule is Cc1cc(CNC(=O)CC2C(=O)NCCN2C2Cc3ccccc3C2)nn1C. The van der Waals surface area contributed by atoms with Crippen molar-refractivity contribution in [2.24, 2.45) is 7.05 Å². The molecule has 0 radical (unpaired) electrons. The molecule has 4 rings (SSSR count). The highest BCUT2D eigenvalue weighted by atomic mass is 16.2. The third-order valence-corrected chi connectivity index (χ3v) is 5.88. The summed E-state index contributed by atoms with van der Waals surface area (Å²) in [7, 11) is 1.88. The average Bonchev–Trinajstić information content (AvgIpc) is 3.24. The van der Waals surface area contributed by atoms with Crippen LogP contribution in [0.5, 0.6) is 0 Å². The maximum absolute atomic E-state index is 12.5. The number of benzene rings is 1. The van der Waals surface area contributed by atoms with Crippen molar-refractivity contribution in [3.63, 3.8) is 0 Å². The number of fused-ring (bicyclic) bond motifs is 1. The molecule has 2 aromatic rings. The molecule has 1 fully saturated rings. The van der Waals surface area contributed by atoms with Gasteiger partial charge in [-0.05, 0) is 37.0 Å². The van der Waals surface area contributed by atoms with Gasteiger partial charge in [-0.25, -0.2) is 0 Å². The highest BCUT2D eigenvalue weighted by molar-refractivity contribution is 5.88. The highest BCUT2D eigenvalue weighted by Gasteiger charge is 2.38. The number of aromatic nitrogens is 2. The lowest BCUT2D eigenvalue weighted by atomic mass is 10.0. The molecule has 2 amide bonds. The van der Waals surface area contributed by atoms with Crippen molar-refractivity contribution in [1.29, 1.82) is 0 Å². The fourth-order valence-electron chi connectivity index (χ4n) is 4.31. The molecule has 1 aromatic carbocycles. The number of hydrogen-bond donors (Lipinski definition) is 2. The molecule has 148 valence electrons. The summed E-state index contributed by atoms with van der Waals surface area (Å²) in [6.45, 7) is 3.77. The van der Waals surface area contributed by atoms with E-state index in [-0.39, 0.29) is 24.3 Å². The van der Waals surface area contributed by atoms with Crippen molar-refractivity contribution in [3.05, 3.63) is 52.8 Å². The molecule has 1 unspecified atom stereocenters. The Morgan fingerprint density at radius 2 is 2.00 bits per heavy atom. The van der Waals surface area contributed by atoms with Crippen LogP contribution >= 0.6 is 0 Å². The summed E-state index contributed by atoms with van der Waals surface area (Å²) in [5, 5.41) is 10.2. The molecular formula is C21H27N5O2. The van der Waals surface area contributed by atoms with Crippen molar-refractivity contribution in [2.75, 3.05) is 13.1 Å². The minimum absolute atomic E-state index is 0.0500. The van der Waals surface area contributed by atoms with Crippen LogP contribution in [0.3, 0.4) is 0 Å². The van der Waals surface area contributed by atoms with Crippen LogP contribution < -0.4 is 10.6 Å². The second-order valence-corrected chi connectivity index (χ2v) is 7.76. The fourth-order valence-corrected chi connectivity index (χ4v) is 4.31. The minimum Gasteiger partial charge on any atom is -0.353 e. The van der Waals surface area contributed by atoms with Gasteiger partial charge in [0.15, 0.2) is 0 Å². The zero-order valence-electron chi connectivity index (χ0n) is 16.4. The topological polar surface area (TPSA) is 79.3 Å². The maximum atomic E-state index is 12.5. The molecule has 28 heavy (non-hydrogen) atoms. The lowest BCUT2D eigenvalue weighted by molar-refractivity contribution is -0.135. The zero-order chi connectivity index (χ0) is 19.7. The molecule has 1 aromatic heterocycles. The third-order valence-electron chi connectivity index (χ3n) is 5.88. The van der Waals surface area contributed by atoms with Crippen LogP contribution in [-0.4, -0.2) is 51.7 Å². The van der Waals surface area contributed by atoms with Gasteiger partial charge >= 0.3 is 0 Å². The first-order valence-corrected chi connectivity index (χ1v) is 9.87. The Morgan fingerprint density at radius 1 is 1.29 bits per heavy atom. The van der Waals surface area contributed by atoms with Crippen LogP contribution in [-0.2, 0) is 36.0 Å². The van der Waals surface area contributed by atoms with Crippen molar-refractivity contribution in [2.45, 2.75) is 44.8 Å². The highest BCUT2D eigenvalue weighted by Crippen LogP contribution is 2.28. The quantitative estimate of drug-likeness (QED) is 0.799. The largest absolute Gasteiger partial charge is 0.353 e. The van der Waals surface area contributed by atoms with Crippen molar-refractivity contribution >= 4 is 11.8 Å². The molecule has 0 bridgehead atoms. The standard InChI is InChI=1S/C21H27N5O2/c1-14-9-17(24-25(14)2)13-23-20(27)12-19-21(28)22-7-8-26(19)18-10-15-5-3-4-6-16(15)11-18/h3-6,9,18-19H,7-8,10-13H2,1-2H3,(H,22,28)(H,23,27). The Hall–Kier alpha value is -2.67. The van der Waals surface area contributed by atoms with E-state index >= 15 is 0 Å². The molecule has 2 aliphatic rings. The van der Waals surface area contributed by atoms with E-state index < -0.39 is 6.04 Å². The average molecular weight is 381 g/mol. The van der Waals surface area contributed by atoms with E-state index in [1.54, 1.807) is 4.68 Å². The van der Waals surface area contributed by atoms with Crippen molar-refractivity contribution < 1.29 is 9.59 Å². The molecule has 7 nitrogen and oxygen atoms in total. The first-order chi connectivity index (χ1) is 13.5. The Kier molecular flexibility index (Phi) is 5.17. The Morgan fingerprint density at radius 3 is 2.64 bits per heavy atom. The van der Waals surface area contributed by atoms with Crippen LogP contribution in [0.2, 0.25) is 0 Å². The van der Waals surface area contributed by atoms with Crippen LogP contribution in [0.15, 0.2) is 30.3 Å². The van der Waals surface area contributed by atoms with Gasteiger partial charge < -0.3 is 10.6 Å². The summed E-state index contributed by atoms with van der Waals surface area (Å²) in [6, 6.07) is 10.3. The minimum atomic E-state index is -0.418. The van der Waals surface area contributed by atoms with Crippen molar-refractivity contribution in [3.8, 4) is 0 Å². The third kappa shape index (κ3) is 3.80. The Balaban J connectivity index is 1.39. The van der Waals surface area contributed by atoms with E-state index in [1.165, 1.54) is 11.1 Å². The van der Waals surface area contributed by atoms with Gasteiger partial charge in [-0.3, -0.25) is 19.2 Å². The maximum Gasteiger partial charge on any atom is 0.237 e. The molecule has 7 heteroatoms. The molecule has 1 aliphatic carbocycles. The number of nitrogens with zero attached hydrogens (tertiary/aromatic N) is 3. The summed E-state index contributed by atoms with van der Waals surface area (Å²) in [6.07, 6.45) is 2.05. The number of rotatable bonds is 5. The summed E-state index contributed by atoms with van der Waals surface area (Å²) >= 11 is 0. The number of piperazine rings is 1. The van der Waals surface area contributed by atoms with Crippen LogP contribution in [0.25, 0.3) is 0 Å². The van der Waals surface area contributed by atoms with E-state index in [9.17, 15) is 9.59 Å². The van der Waals surface area contributed by atoms with Gasteiger partial charge in [-0.2, -0.15) is 5.10 Å². The van der Waals surface area contributed by atoms with Crippen LogP contribution in [0.4, 0.5) is 0 Å². The summed E-state index contributed by atoms with van der Waals surface area (Å²) in [5.74, 6) is -0.170. The predicted molar refractivity (Wildman–Crippen MR) is 106 cm³/mol. The Labute approximate surface area is 165 Å². The molecule has 0 spiro atoms. The number of carbonyl (C=O) groups excluding carboxylic acids is 2. The summed E-state index contributed by atoms with van der Waals surface area (Å²) in [4.78, 5) is 27.3. The second kappa shape index (κ2) is 7.75. The summed E-state index contributed by atoms with van der Waals surface area (Å²) in [5.41, 5.74) is 4.58. The monoisotopic (exact) mass is 381 g/mol. The normalized spacial score (nSPS) is 20.1. The van der Waals surface area contributed by atoms with Gasteiger partial charge in [0.2, 0.25) is 11.8 Å². The van der Waals surface area contributed by atoms with E-state index in [2.05, 4.69) is 44.9 Å². The van der Waals surface area contributed by atoms with E-state index in [4.69, 9.17) is 0 Å². The van der Waals surface area contributed by atoms with Gasteiger partial charge in [-0.1, -0.05) is 24.3 Å². The number of aryl methyl sites for hydroxylation is 2. The molecule has 1 saturated heterocycles. The number of nitrogens with one attached hydrogen (secondary N) is 2. The fraction of sp³-hybridized carbons (Fsp3) is 0.476. The van der Waals surface area contributed by atoms with Gasteiger partial charge in [0.25, 0.3) is 0 Å². The molecule has 1 atom stereocenters. The Bertz CT molecular complexity index is 846. The van der Waals surface area contributed by atoms with Gasteiger partial charge in [-0.15, -0.1) is 0 Å². The molecule has 1 aliphatic heterocycles. The lowest BCUT2D eigenvalue weighted by Crippen LogP contribution is -2.59. The van der Waals surface area contributed by atoms with E-state index in [1.807, 2.05) is 20.0 Å². The first-order valence-electron chi connectivity index (χ1n) is 9.87. The van der Waals surface area contributed by atoms with E-state index in [0.29, 0.717) is 13.1 Å². The number of amides is 2. The number of carbonyl (C=O) groups is 2. The second-order valence-electron chi connectivity index (χ2n) is 7.76. The van der Waals surface area contributed by atoms with Crippen molar-refractivity contribution in [1.82, 2.24) is 25.3 Å². The molecule has 2 heterocycles. The van der Waals surface area contributed by atoms with Gasteiger partial charge in [0.05, 0.1) is 24.7 Å². The van der Waals surface area contributed by atoms with Gasteiger partial charge in [0, 0.05) is 31.9 Å². The predicted octanol–water partition coefficient (Wildman–Crippen LogP) is 0.703. The molecular weight excluding hydrogens is 354 g/mol. The lowest BCUT2D eigenvalue weighted by Gasteiger charge is -2.38. The van der Waals surface area contributed by atoms with E-state index in [0.717, 1.165) is 30.8 Å². The van der Waals surface area contributed by atoms with Gasteiger partial charge in [0.1, 0.15) is 0 Å². The van der Waals surface area contributed by atoms with Crippen LogP contribution in [0.1, 0.15) is 28.9 Å². The first kappa shape index (κ1) is 18.7. The summed E-state index contributed by atoms with van der Waals surface area (Å²) < 4.78 is 1.79. The number of hydrogen-bond acceptors (Lipinski definition) is 4. The van der Waals surface area contributed by atoms with Crippen LogP contribution in [0, 0.1) is 6.92 Å². The smallest absolute Gasteiger partial charge is 0.237 e.